The fourth-order valence-electron chi connectivity index (χ4n) is 8.12. The molecule has 18 heteroatoms. The third-order valence-corrected chi connectivity index (χ3v) is 11.9. The van der Waals surface area contributed by atoms with Gasteiger partial charge in [0.1, 0.15) is 47.2 Å². The minimum Gasteiger partial charge on any atom is -0.496 e. The Bertz CT molecular complexity index is 2480. The van der Waals surface area contributed by atoms with Crippen molar-refractivity contribution in [1.29, 1.82) is 0 Å². The number of carboxylic acid groups (broad SMARTS) is 1. The van der Waals surface area contributed by atoms with E-state index in [0.29, 0.717) is 58.8 Å². The van der Waals surface area contributed by atoms with Gasteiger partial charge in [0.2, 0.25) is 5.91 Å². The summed E-state index contributed by atoms with van der Waals surface area (Å²) in [6.07, 6.45) is 8.78. The van der Waals surface area contributed by atoms with Gasteiger partial charge in [0.25, 0.3) is 0 Å². The highest BCUT2D eigenvalue weighted by atomic mass is 16.5. The van der Waals surface area contributed by atoms with Crippen molar-refractivity contribution in [3.05, 3.63) is 90.1 Å². The van der Waals surface area contributed by atoms with Crippen LogP contribution in [0.2, 0.25) is 0 Å². The number of carboxylic acids is 1. The second kappa shape index (κ2) is 27.5. The van der Waals surface area contributed by atoms with E-state index in [1.807, 2.05) is 54.6 Å². The van der Waals surface area contributed by atoms with E-state index in [9.17, 15) is 19.8 Å². The van der Waals surface area contributed by atoms with Gasteiger partial charge in [0, 0.05) is 72.1 Å². The van der Waals surface area contributed by atoms with Crippen LogP contribution in [0, 0.1) is 0 Å². The summed E-state index contributed by atoms with van der Waals surface area (Å²) in [5, 5.41) is 42.1. The summed E-state index contributed by atoms with van der Waals surface area (Å²) < 4.78 is 48.5. The molecule has 3 aliphatic heterocycles. The van der Waals surface area contributed by atoms with E-state index in [-0.39, 0.29) is 31.3 Å². The zero-order valence-corrected chi connectivity index (χ0v) is 39.8. The van der Waals surface area contributed by atoms with Crippen LogP contribution in [0.25, 0.3) is 32.9 Å². The number of methoxy groups -OCH3 is 3. The molecular formula is C51H67N3O15. The Morgan fingerprint density at radius 2 is 1.09 bits per heavy atom. The average molecular weight is 962 g/mol. The zero-order chi connectivity index (χ0) is 49.0. The molecule has 3 aromatic carbocycles. The predicted octanol–water partition coefficient (Wildman–Crippen LogP) is 5.09. The van der Waals surface area contributed by atoms with Crippen LogP contribution in [0.3, 0.4) is 0 Å². The summed E-state index contributed by atoms with van der Waals surface area (Å²) in [7, 11) is 4.92. The lowest BCUT2D eigenvalue weighted by Gasteiger charge is -2.15. The number of hydrogen-bond donors (Lipinski definition) is 5. The number of carbonyl (C=O) groups excluding carboxylic acids is 1. The number of likely N-dealkylation sites (tertiary alicyclic amines) is 2. The topological polar surface area (TPSA) is 228 Å². The number of aliphatic hydroxyl groups is 3. The molecule has 3 aromatic heterocycles. The SMILES string of the molecule is COc1cc2ccoc2cc1CCOCC(=O)N1CCC(O)C1.COc1cc2ccoc2cc1CCOCC(=O)O.COc1cc2ccoc2cc1CCOCCN1CCC(O)C1.OC1CCNC1. The number of hydrogen-bond acceptors (Lipinski definition) is 16. The molecule has 5 N–H and O–H groups in total. The van der Waals surface area contributed by atoms with Gasteiger partial charge in [-0.1, -0.05) is 0 Å². The molecule has 1 amide bonds. The third-order valence-electron chi connectivity index (χ3n) is 11.9. The Morgan fingerprint density at radius 3 is 1.48 bits per heavy atom. The van der Waals surface area contributed by atoms with Gasteiger partial charge in [0.15, 0.2) is 0 Å². The molecule has 0 aliphatic carbocycles. The lowest BCUT2D eigenvalue weighted by Crippen LogP contribution is -2.32. The highest BCUT2D eigenvalue weighted by molar-refractivity contribution is 5.82. The Balaban J connectivity index is 0.000000161. The number of nitrogens with zero attached hydrogens (tertiary/aromatic N) is 2. The minimum atomic E-state index is -0.969. The summed E-state index contributed by atoms with van der Waals surface area (Å²) in [6.45, 7) is 7.25. The molecule has 3 fully saturated rings. The molecule has 3 atom stereocenters. The normalized spacial score (nSPS) is 17.8. The van der Waals surface area contributed by atoms with Gasteiger partial charge >= 0.3 is 5.97 Å². The van der Waals surface area contributed by atoms with Crippen LogP contribution in [0.5, 0.6) is 17.2 Å². The van der Waals surface area contributed by atoms with Crippen molar-refractivity contribution in [3.63, 3.8) is 0 Å². The largest absolute Gasteiger partial charge is 0.496 e. The van der Waals surface area contributed by atoms with Gasteiger partial charge in [-0.15, -0.1) is 0 Å². The van der Waals surface area contributed by atoms with Crippen LogP contribution < -0.4 is 19.5 Å². The van der Waals surface area contributed by atoms with E-state index in [2.05, 4.69) is 10.2 Å². The van der Waals surface area contributed by atoms with Gasteiger partial charge < -0.3 is 72.3 Å². The number of nitrogens with one attached hydrogen (secondary N) is 1. The molecule has 3 aliphatic rings. The highest BCUT2D eigenvalue weighted by Gasteiger charge is 2.24. The molecule has 3 unspecified atom stereocenters. The number of benzene rings is 3. The van der Waals surface area contributed by atoms with E-state index in [1.165, 1.54) is 0 Å². The maximum absolute atomic E-state index is 11.9. The Hall–Kier alpha value is -5.70. The average Bonchev–Trinajstić information content (AvgIpc) is 4.23. The van der Waals surface area contributed by atoms with Crippen LogP contribution in [0.15, 0.2) is 86.6 Å². The smallest absolute Gasteiger partial charge is 0.329 e. The lowest BCUT2D eigenvalue weighted by atomic mass is 10.1. The van der Waals surface area contributed by atoms with Gasteiger partial charge in [-0.3, -0.25) is 9.69 Å². The quantitative estimate of drug-likeness (QED) is 0.0667. The number of amides is 1. The number of fused-ring (bicyclic) bond motifs is 3. The molecule has 376 valence electrons. The molecule has 69 heavy (non-hydrogen) atoms. The fourth-order valence-corrected chi connectivity index (χ4v) is 8.12. The number of carbonyl (C=O) groups is 2. The molecule has 6 heterocycles. The third kappa shape index (κ3) is 16.5. The fraction of sp³-hybridized carbons (Fsp3) is 0.490. The first-order valence-corrected chi connectivity index (χ1v) is 23.4. The van der Waals surface area contributed by atoms with E-state index >= 15 is 0 Å². The Kier molecular flexibility index (Phi) is 21.0. The predicted molar refractivity (Wildman–Crippen MR) is 257 cm³/mol. The van der Waals surface area contributed by atoms with Crippen LogP contribution in [0.4, 0.5) is 0 Å². The van der Waals surface area contributed by atoms with Crippen molar-refractivity contribution in [2.24, 2.45) is 0 Å². The Morgan fingerprint density at radius 1 is 0.609 bits per heavy atom. The van der Waals surface area contributed by atoms with Crippen molar-refractivity contribution in [3.8, 4) is 17.2 Å². The molecule has 0 bridgehead atoms. The first-order chi connectivity index (χ1) is 33.5. The number of aliphatic carboxylic acids is 1. The van der Waals surface area contributed by atoms with E-state index in [4.69, 9.17) is 51.9 Å². The molecule has 3 saturated heterocycles. The van der Waals surface area contributed by atoms with Gasteiger partial charge in [-0.2, -0.15) is 0 Å². The van der Waals surface area contributed by atoms with Crippen LogP contribution in [-0.2, 0) is 43.1 Å². The van der Waals surface area contributed by atoms with E-state index < -0.39 is 12.1 Å². The van der Waals surface area contributed by atoms with Crippen LogP contribution in [-0.4, -0.2) is 167 Å². The first-order valence-electron chi connectivity index (χ1n) is 23.4. The lowest BCUT2D eigenvalue weighted by molar-refractivity contribution is -0.142. The maximum Gasteiger partial charge on any atom is 0.329 e. The molecule has 0 spiro atoms. The maximum atomic E-state index is 11.9. The summed E-state index contributed by atoms with van der Waals surface area (Å²) in [6, 6.07) is 17.4. The van der Waals surface area contributed by atoms with E-state index in [1.54, 1.807) is 45.0 Å². The summed E-state index contributed by atoms with van der Waals surface area (Å²) in [4.78, 5) is 26.1. The number of ether oxygens (including phenoxy) is 6. The summed E-state index contributed by atoms with van der Waals surface area (Å²) in [5.41, 5.74) is 5.49. The van der Waals surface area contributed by atoms with Gasteiger partial charge in [-0.25, -0.2) is 4.79 Å². The number of aliphatic hydroxyl groups excluding tert-OH is 3. The van der Waals surface area contributed by atoms with Crippen LogP contribution >= 0.6 is 0 Å². The molecule has 18 nitrogen and oxygen atoms in total. The Labute approximate surface area is 401 Å². The molecule has 0 saturated carbocycles. The van der Waals surface area contributed by atoms with Crippen molar-refractivity contribution >= 4 is 44.8 Å². The minimum absolute atomic E-state index is 0.0397. The number of β-amino-alcohol motifs (C(OH)–C–C–N with tert-alkyl or cyclic N) is 3. The van der Waals surface area contributed by atoms with Crippen molar-refractivity contribution < 1.29 is 71.7 Å². The summed E-state index contributed by atoms with van der Waals surface area (Å²) >= 11 is 0. The molecular weight excluding hydrogens is 895 g/mol. The van der Waals surface area contributed by atoms with Gasteiger partial charge in [-0.05, 0) is 99.7 Å². The highest BCUT2D eigenvalue weighted by Crippen LogP contribution is 2.29. The molecule has 9 rings (SSSR count). The van der Waals surface area contributed by atoms with Crippen molar-refractivity contribution in [2.75, 3.05) is 107 Å². The first kappa shape index (κ1) is 52.7. The second-order valence-electron chi connectivity index (χ2n) is 16.9. The van der Waals surface area contributed by atoms with E-state index in [0.717, 1.165) is 119 Å². The molecule has 6 aromatic rings. The number of rotatable bonds is 19. The molecule has 0 radical (unpaired) electrons. The zero-order valence-electron chi connectivity index (χ0n) is 39.8. The summed E-state index contributed by atoms with van der Waals surface area (Å²) in [5.74, 6) is 1.37. The van der Waals surface area contributed by atoms with Crippen LogP contribution in [0.1, 0.15) is 36.0 Å². The number of furan rings is 3. The monoisotopic (exact) mass is 961 g/mol. The van der Waals surface area contributed by atoms with Crippen molar-refractivity contribution in [1.82, 2.24) is 15.1 Å². The van der Waals surface area contributed by atoms with Crippen molar-refractivity contribution in [2.45, 2.75) is 56.8 Å². The second-order valence-corrected chi connectivity index (χ2v) is 16.9. The van der Waals surface area contributed by atoms with Gasteiger partial charge in [0.05, 0.1) is 84.9 Å². The standard InChI is InChI=1S/C17H21NO5.C17H23NO4.C13H14O5.C4H9NO/c1-21-15-8-13-4-7-23-16(13)9-12(15)3-6-22-11-17(20)18-5-2-14(19)10-18;1-20-16-10-14-4-8-22-17(14)11-13(16)3-7-21-9-6-18-5-2-15(19)12-18;1-16-11-6-10-3-5-18-12(10)7-9(11)2-4-17-8-13(14)15;6-4-1-2-5-3-4/h4,7-9,14,19H,2-3,5-6,10-11H2,1H3;4,8,10-11,15,19H,2-3,5-7,9,12H2,1H3;3,5-7H,2,4,8H2,1H3,(H,14,15);4-6H,1-3H2.